The summed E-state index contributed by atoms with van der Waals surface area (Å²) in [6.07, 6.45) is 5.09. The number of hydrogen-bond acceptors (Lipinski definition) is 6. The molecule has 132 valence electrons. The molecule has 1 aromatic carbocycles. The van der Waals surface area contributed by atoms with Gasteiger partial charge in [0.2, 0.25) is 0 Å². The second-order valence-corrected chi connectivity index (χ2v) is 6.49. The number of ether oxygens (including phenoxy) is 1. The van der Waals surface area contributed by atoms with Gasteiger partial charge in [-0.1, -0.05) is 5.16 Å². The fraction of sp³-hybridized carbons (Fsp3) is 0.444. The highest BCUT2D eigenvalue weighted by atomic mass is 16.6. The number of methoxy groups -OCH3 is 1. The Kier molecular flexibility index (Phi) is 4.09. The van der Waals surface area contributed by atoms with Crippen molar-refractivity contribution in [2.75, 3.05) is 20.3 Å². The van der Waals surface area contributed by atoms with Gasteiger partial charge in [0.15, 0.2) is 5.84 Å². The molecule has 0 radical (unpaired) electrons. The van der Waals surface area contributed by atoms with E-state index in [1.54, 1.807) is 13.4 Å². The third kappa shape index (κ3) is 2.84. The monoisotopic (exact) mass is 342 g/mol. The number of benzene rings is 1. The number of oxime groups is 1. The molecule has 0 bridgehead atoms. The highest BCUT2D eigenvalue weighted by Gasteiger charge is 2.36. The van der Waals surface area contributed by atoms with Crippen LogP contribution in [0.2, 0.25) is 0 Å². The molecule has 0 spiro atoms. The molecule has 0 aliphatic carbocycles. The fourth-order valence-electron chi connectivity index (χ4n) is 3.53. The van der Waals surface area contributed by atoms with Crippen LogP contribution in [-0.4, -0.2) is 57.8 Å². The molecule has 1 fully saturated rings. The summed E-state index contributed by atoms with van der Waals surface area (Å²) in [7, 11) is 1.65. The molecule has 25 heavy (non-hydrogen) atoms. The zero-order chi connectivity index (χ0) is 17.4. The van der Waals surface area contributed by atoms with E-state index >= 15 is 0 Å². The van der Waals surface area contributed by atoms with E-state index in [-0.39, 0.29) is 12.1 Å². The summed E-state index contributed by atoms with van der Waals surface area (Å²) in [5.41, 5.74) is 2.77. The van der Waals surface area contributed by atoms with Crippen LogP contribution in [0.25, 0.3) is 5.69 Å². The van der Waals surface area contributed by atoms with Crippen molar-refractivity contribution in [3.8, 4) is 11.4 Å². The number of imidazole rings is 1. The van der Waals surface area contributed by atoms with Gasteiger partial charge in [0.25, 0.3) is 0 Å². The normalized spacial score (nSPS) is 22.8. The molecule has 0 saturated carbocycles. The molecule has 2 unspecified atom stereocenters. The van der Waals surface area contributed by atoms with Crippen LogP contribution in [0.4, 0.5) is 0 Å². The second-order valence-electron chi connectivity index (χ2n) is 6.49. The van der Waals surface area contributed by atoms with Crippen LogP contribution in [0, 0.1) is 6.92 Å². The summed E-state index contributed by atoms with van der Waals surface area (Å²) in [6.45, 7) is 3.25. The number of rotatable bonds is 3. The predicted octanol–water partition coefficient (Wildman–Crippen LogP) is 1.71. The van der Waals surface area contributed by atoms with Crippen molar-refractivity contribution in [2.45, 2.75) is 31.9 Å². The van der Waals surface area contributed by atoms with Crippen LogP contribution in [0.3, 0.4) is 0 Å². The third-order valence-corrected chi connectivity index (χ3v) is 4.84. The number of aliphatic hydroxyl groups is 1. The molecule has 1 N–H and O–H groups in total. The summed E-state index contributed by atoms with van der Waals surface area (Å²) in [5, 5.41) is 14.5. The first kappa shape index (κ1) is 16.0. The number of nitrogens with zero attached hydrogens (tertiary/aromatic N) is 4. The lowest BCUT2D eigenvalue weighted by Crippen LogP contribution is -2.55. The van der Waals surface area contributed by atoms with E-state index in [4.69, 9.17) is 9.57 Å². The van der Waals surface area contributed by atoms with Crippen LogP contribution in [0.15, 0.2) is 35.9 Å². The minimum atomic E-state index is -0.380. The van der Waals surface area contributed by atoms with Gasteiger partial charge >= 0.3 is 0 Å². The van der Waals surface area contributed by atoms with Crippen molar-refractivity contribution in [3.05, 3.63) is 42.0 Å². The van der Waals surface area contributed by atoms with E-state index in [0.29, 0.717) is 6.61 Å². The van der Waals surface area contributed by atoms with E-state index in [1.807, 2.05) is 35.9 Å². The summed E-state index contributed by atoms with van der Waals surface area (Å²) in [6, 6.07) is 5.90. The van der Waals surface area contributed by atoms with Crippen molar-refractivity contribution in [1.29, 1.82) is 0 Å². The topological polar surface area (TPSA) is 72.1 Å². The standard InChI is InChI=1S/C18H22N4O3/c1-12-9-21(11-19-12)14-6-5-13(8-17(14)24-2)18-20-25-10-15-16(23)4-3-7-22(15)18/h5-6,8-9,11,15-16,23H,3-4,7,10H2,1-2H3. The van der Waals surface area contributed by atoms with Crippen LogP contribution < -0.4 is 4.74 Å². The number of aryl methyl sites for hydroxylation is 1. The fourth-order valence-corrected chi connectivity index (χ4v) is 3.53. The molecule has 4 rings (SSSR count). The Hall–Kier alpha value is -2.54. The van der Waals surface area contributed by atoms with Gasteiger partial charge in [-0.25, -0.2) is 4.98 Å². The average molecular weight is 342 g/mol. The number of aliphatic hydroxyl groups excluding tert-OH is 1. The second kappa shape index (κ2) is 6.40. The van der Waals surface area contributed by atoms with Gasteiger partial charge < -0.3 is 24.1 Å². The minimum Gasteiger partial charge on any atom is -0.495 e. The molecule has 1 saturated heterocycles. The Morgan fingerprint density at radius 3 is 3.00 bits per heavy atom. The lowest BCUT2D eigenvalue weighted by molar-refractivity contribution is -0.0263. The van der Waals surface area contributed by atoms with Crippen molar-refractivity contribution in [1.82, 2.24) is 14.5 Å². The highest BCUT2D eigenvalue weighted by Crippen LogP contribution is 2.29. The van der Waals surface area contributed by atoms with Gasteiger partial charge in [0.05, 0.1) is 37.0 Å². The van der Waals surface area contributed by atoms with Gasteiger partial charge in [-0.15, -0.1) is 0 Å². The maximum atomic E-state index is 10.3. The van der Waals surface area contributed by atoms with E-state index in [9.17, 15) is 5.11 Å². The van der Waals surface area contributed by atoms with Gasteiger partial charge in [-0.2, -0.15) is 0 Å². The lowest BCUT2D eigenvalue weighted by atomic mass is 9.97. The van der Waals surface area contributed by atoms with Crippen molar-refractivity contribution in [2.24, 2.45) is 5.16 Å². The van der Waals surface area contributed by atoms with Crippen molar-refractivity contribution < 1.29 is 14.7 Å². The zero-order valence-electron chi connectivity index (χ0n) is 14.4. The van der Waals surface area contributed by atoms with Gasteiger partial charge in [-0.05, 0) is 38.0 Å². The first-order valence-corrected chi connectivity index (χ1v) is 8.51. The highest BCUT2D eigenvalue weighted by molar-refractivity contribution is 5.99. The maximum absolute atomic E-state index is 10.3. The molecular formula is C18H22N4O3. The molecule has 7 heteroatoms. The zero-order valence-corrected chi connectivity index (χ0v) is 14.4. The molecule has 2 atom stereocenters. The maximum Gasteiger partial charge on any atom is 0.176 e. The number of aromatic nitrogens is 2. The van der Waals surface area contributed by atoms with Crippen molar-refractivity contribution in [3.63, 3.8) is 0 Å². The number of fused-ring (bicyclic) bond motifs is 1. The van der Waals surface area contributed by atoms with E-state index < -0.39 is 0 Å². The summed E-state index contributed by atoms with van der Waals surface area (Å²) >= 11 is 0. The van der Waals surface area contributed by atoms with Gasteiger partial charge in [0.1, 0.15) is 12.4 Å². The smallest absolute Gasteiger partial charge is 0.176 e. The molecule has 2 aliphatic heterocycles. The number of piperidine rings is 1. The van der Waals surface area contributed by atoms with Crippen LogP contribution in [0.1, 0.15) is 24.1 Å². The molecule has 7 nitrogen and oxygen atoms in total. The number of hydrogen-bond donors (Lipinski definition) is 1. The Morgan fingerprint density at radius 1 is 1.36 bits per heavy atom. The molecule has 0 amide bonds. The lowest BCUT2D eigenvalue weighted by Gasteiger charge is -2.42. The first-order valence-electron chi connectivity index (χ1n) is 8.51. The third-order valence-electron chi connectivity index (χ3n) is 4.84. The van der Waals surface area contributed by atoms with Gasteiger partial charge in [0, 0.05) is 18.3 Å². The predicted molar refractivity (Wildman–Crippen MR) is 93.1 cm³/mol. The molecular weight excluding hydrogens is 320 g/mol. The average Bonchev–Trinajstić information content (AvgIpc) is 3.07. The van der Waals surface area contributed by atoms with Crippen molar-refractivity contribution >= 4 is 5.84 Å². The first-order chi connectivity index (χ1) is 12.2. The Bertz CT molecular complexity index is 801. The van der Waals surface area contributed by atoms with Crippen LogP contribution in [0.5, 0.6) is 5.75 Å². The van der Waals surface area contributed by atoms with E-state index in [0.717, 1.165) is 47.9 Å². The van der Waals surface area contributed by atoms with Crippen LogP contribution >= 0.6 is 0 Å². The van der Waals surface area contributed by atoms with E-state index in [2.05, 4.69) is 15.0 Å². The molecule has 2 aliphatic rings. The Labute approximate surface area is 146 Å². The molecule has 3 heterocycles. The van der Waals surface area contributed by atoms with Crippen LogP contribution in [-0.2, 0) is 4.84 Å². The quantitative estimate of drug-likeness (QED) is 0.919. The Balaban J connectivity index is 1.70. The SMILES string of the molecule is COc1cc(C2=NOCC3C(O)CCCN23)ccc1-n1cnc(C)c1. The van der Waals surface area contributed by atoms with Gasteiger partial charge in [-0.3, -0.25) is 0 Å². The summed E-state index contributed by atoms with van der Waals surface area (Å²) in [4.78, 5) is 11.8. The Morgan fingerprint density at radius 2 is 2.24 bits per heavy atom. The summed E-state index contributed by atoms with van der Waals surface area (Å²) in [5.74, 6) is 1.49. The number of amidine groups is 1. The molecule has 2 aromatic rings. The van der Waals surface area contributed by atoms with E-state index in [1.165, 1.54) is 0 Å². The molecule has 1 aromatic heterocycles. The summed E-state index contributed by atoms with van der Waals surface area (Å²) < 4.78 is 7.52. The largest absolute Gasteiger partial charge is 0.495 e. The minimum absolute atomic E-state index is 0.0387.